The lowest BCUT2D eigenvalue weighted by Crippen LogP contribution is -2.54. The highest BCUT2D eigenvalue weighted by molar-refractivity contribution is 5.31. The van der Waals surface area contributed by atoms with Gasteiger partial charge in [-0.25, -0.2) is 0 Å². The molecule has 1 aromatic carbocycles. The number of likely N-dealkylation sites (N-methyl/N-ethyl adjacent to an activating group) is 1. The molecule has 0 saturated heterocycles. The maximum absolute atomic E-state index is 3.69. The summed E-state index contributed by atoms with van der Waals surface area (Å²) >= 11 is 0. The topological polar surface area (TPSA) is 12.0 Å². The zero-order valence-electron chi connectivity index (χ0n) is 11.5. The lowest BCUT2D eigenvalue weighted by molar-refractivity contribution is 0.131. The van der Waals surface area contributed by atoms with Gasteiger partial charge in [-0.3, -0.25) is 0 Å². The normalized spacial score (nSPS) is 24.7. The molecule has 2 saturated carbocycles. The largest absolute Gasteiger partial charge is 0.316 e. The molecule has 0 heterocycles. The van der Waals surface area contributed by atoms with Crippen molar-refractivity contribution in [3.05, 3.63) is 35.9 Å². The molecule has 2 aliphatic carbocycles. The molecule has 0 aliphatic heterocycles. The third-order valence-electron chi connectivity index (χ3n) is 5.37. The highest BCUT2D eigenvalue weighted by Crippen LogP contribution is 2.50. The minimum absolute atomic E-state index is 0.436. The van der Waals surface area contributed by atoms with Gasteiger partial charge in [0.25, 0.3) is 0 Å². The smallest absolute Gasteiger partial charge is 0.0189 e. The van der Waals surface area contributed by atoms with E-state index in [1.807, 2.05) is 0 Å². The van der Waals surface area contributed by atoms with Crippen LogP contribution in [-0.2, 0) is 5.41 Å². The maximum atomic E-state index is 3.69. The molecule has 18 heavy (non-hydrogen) atoms. The predicted molar refractivity (Wildman–Crippen MR) is 76.8 cm³/mol. The predicted octanol–water partition coefficient (Wildman–Crippen LogP) is 3.89. The summed E-state index contributed by atoms with van der Waals surface area (Å²) in [4.78, 5) is 0. The van der Waals surface area contributed by atoms with E-state index in [0.717, 1.165) is 5.92 Å². The van der Waals surface area contributed by atoms with Crippen molar-refractivity contribution in [2.75, 3.05) is 7.05 Å². The van der Waals surface area contributed by atoms with E-state index in [2.05, 4.69) is 42.7 Å². The Bertz CT molecular complexity index is 374. The molecule has 0 amide bonds. The average molecular weight is 243 g/mol. The quantitative estimate of drug-likeness (QED) is 0.846. The van der Waals surface area contributed by atoms with Gasteiger partial charge in [0.15, 0.2) is 0 Å². The molecular weight excluding hydrogens is 218 g/mol. The first-order valence-electron chi connectivity index (χ1n) is 7.59. The summed E-state index contributed by atoms with van der Waals surface area (Å²) in [6.07, 6.45) is 9.89. The fraction of sp³-hybridized carbons (Fsp3) is 0.647. The Labute approximate surface area is 111 Å². The molecule has 98 valence electrons. The molecule has 2 fully saturated rings. The van der Waals surface area contributed by atoms with Crippen molar-refractivity contribution < 1.29 is 0 Å². The van der Waals surface area contributed by atoms with Crippen molar-refractivity contribution in [3.63, 3.8) is 0 Å². The molecule has 1 nitrogen and oxygen atoms in total. The van der Waals surface area contributed by atoms with E-state index in [0.29, 0.717) is 11.5 Å². The molecule has 1 N–H and O–H groups in total. The van der Waals surface area contributed by atoms with E-state index in [4.69, 9.17) is 0 Å². The van der Waals surface area contributed by atoms with E-state index in [9.17, 15) is 0 Å². The zero-order chi connectivity index (χ0) is 12.4. The van der Waals surface area contributed by atoms with E-state index in [1.54, 1.807) is 5.56 Å². The van der Waals surface area contributed by atoms with Gasteiger partial charge in [0.1, 0.15) is 0 Å². The van der Waals surface area contributed by atoms with Gasteiger partial charge in [-0.15, -0.1) is 0 Å². The van der Waals surface area contributed by atoms with Crippen LogP contribution in [0.1, 0.15) is 50.5 Å². The summed E-state index contributed by atoms with van der Waals surface area (Å²) < 4.78 is 0. The van der Waals surface area contributed by atoms with E-state index < -0.39 is 0 Å². The van der Waals surface area contributed by atoms with Gasteiger partial charge < -0.3 is 5.32 Å². The monoisotopic (exact) mass is 243 g/mol. The van der Waals surface area contributed by atoms with Crippen LogP contribution in [0.15, 0.2) is 30.3 Å². The Morgan fingerprint density at radius 1 is 1.06 bits per heavy atom. The van der Waals surface area contributed by atoms with Crippen LogP contribution in [0.3, 0.4) is 0 Å². The molecule has 3 rings (SSSR count). The number of hydrogen-bond donors (Lipinski definition) is 1. The lowest BCUT2D eigenvalue weighted by Gasteiger charge is -2.50. The Hall–Kier alpha value is -0.820. The van der Waals surface area contributed by atoms with Crippen molar-refractivity contribution >= 4 is 0 Å². The van der Waals surface area contributed by atoms with Gasteiger partial charge in [-0.05, 0) is 44.2 Å². The first-order valence-corrected chi connectivity index (χ1v) is 7.59. The van der Waals surface area contributed by atoms with Gasteiger partial charge in [0.2, 0.25) is 0 Å². The van der Waals surface area contributed by atoms with Crippen LogP contribution in [-0.4, -0.2) is 13.1 Å². The second-order valence-electron chi connectivity index (χ2n) is 6.19. The number of nitrogens with one attached hydrogen (secondary N) is 1. The summed E-state index contributed by atoms with van der Waals surface area (Å²) in [5.74, 6) is 0.899. The minimum Gasteiger partial charge on any atom is -0.316 e. The fourth-order valence-corrected chi connectivity index (χ4v) is 4.36. The van der Waals surface area contributed by atoms with Gasteiger partial charge in [-0.2, -0.15) is 0 Å². The molecule has 0 bridgehead atoms. The Balaban J connectivity index is 1.90. The van der Waals surface area contributed by atoms with Crippen LogP contribution >= 0.6 is 0 Å². The van der Waals surface area contributed by atoms with Crippen molar-refractivity contribution in [1.82, 2.24) is 5.32 Å². The van der Waals surface area contributed by atoms with E-state index in [-0.39, 0.29) is 0 Å². The molecule has 2 aliphatic rings. The van der Waals surface area contributed by atoms with E-state index >= 15 is 0 Å². The number of rotatable bonds is 4. The van der Waals surface area contributed by atoms with Crippen LogP contribution in [0.2, 0.25) is 0 Å². The van der Waals surface area contributed by atoms with Crippen molar-refractivity contribution in [3.8, 4) is 0 Å². The maximum Gasteiger partial charge on any atom is 0.0189 e. The molecular formula is C17H25N. The molecule has 0 aromatic heterocycles. The number of hydrogen-bond acceptors (Lipinski definition) is 1. The molecule has 1 aromatic rings. The summed E-state index contributed by atoms with van der Waals surface area (Å²) in [7, 11) is 2.17. The fourth-order valence-electron chi connectivity index (χ4n) is 4.36. The highest BCUT2D eigenvalue weighted by atomic mass is 14.9. The molecule has 1 atom stereocenters. The summed E-state index contributed by atoms with van der Waals surface area (Å²) in [5.41, 5.74) is 2.01. The van der Waals surface area contributed by atoms with Gasteiger partial charge >= 0.3 is 0 Å². The second-order valence-corrected chi connectivity index (χ2v) is 6.19. The van der Waals surface area contributed by atoms with Crippen molar-refractivity contribution in [2.45, 2.75) is 56.4 Å². The van der Waals surface area contributed by atoms with Crippen molar-refractivity contribution in [2.24, 2.45) is 5.92 Å². The Kier molecular flexibility index (Phi) is 3.43. The third kappa shape index (κ3) is 1.89. The van der Waals surface area contributed by atoms with Crippen LogP contribution in [0.25, 0.3) is 0 Å². The first-order chi connectivity index (χ1) is 8.87. The van der Waals surface area contributed by atoms with Crippen LogP contribution in [0.5, 0.6) is 0 Å². The second kappa shape index (κ2) is 5.05. The van der Waals surface area contributed by atoms with Crippen LogP contribution in [0.4, 0.5) is 0 Å². The Morgan fingerprint density at radius 2 is 1.72 bits per heavy atom. The summed E-state index contributed by atoms with van der Waals surface area (Å²) in [6, 6.07) is 11.9. The average Bonchev–Trinajstić information content (AvgIpc) is 2.88. The van der Waals surface area contributed by atoms with Gasteiger partial charge in [-0.1, -0.05) is 49.6 Å². The zero-order valence-corrected chi connectivity index (χ0v) is 11.5. The molecule has 0 radical (unpaired) electrons. The number of benzene rings is 1. The van der Waals surface area contributed by atoms with E-state index in [1.165, 1.54) is 44.9 Å². The lowest BCUT2D eigenvalue weighted by atomic mass is 9.57. The SMILES string of the molecule is CNC(C1CCCC1)C1(c2ccccc2)CCC1. The van der Waals surface area contributed by atoms with Crippen LogP contribution < -0.4 is 5.32 Å². The Morgan fingerprint density at radius 3 is 2.22 bits per heavy atom. The third-order valence-corrected chi connectivity index (χ3v) is 5.37. The summed E-state index contributed by atoms with van der Waals surface area (Å²) in [5, 5.41) is 3.69. The van der Waals surface area contributed by atoms with Gasteiger partial charge in [0, 0.05) is 11.5 Å². The molecule has 1 unspecified atom stereocenters. The van der Waals surface area contributed by atoms with Crippen LogP contribution in [0, 0.1) is 5.92 Å². The van der Waals surface area contributed by atoms with Crippen molar-refractivity contribution in [1.29, 1.82) is 0 Å². The minimum atomic E-state index is 0.436. The molecule has 0 spiro atoms. The standard InChI is InChI=1S/C17H25N/c1-18-16(14-8-5-6-9-14)17(12-7-13-17)15-10-3-2-4-11-15/h2-4,10-11,14,16,18H,5-9,12-13H2,1H3. The summed E-state index contributed by atoms with van der Waals surface area (Å²) in [6.45, 7) is 0. The van der Waals surface area contributed by atoms with Gasteiger partial charge in [0.05, 0.1) is 0 Å². The first kappa shape index (κ1) is 12.2. The highest BCUT2D eigenvalue weighted by Gasteiger charge is 2.47. The molecule has 1 heteroatoms.